The number of fused-ring (bicyclic) bond motifs is 3. The Labute approximate surface area is 159 Å². The van der Waals surface area contributed by atoms with Crippen molar-refractivity contribution >= 4 is 22.5 Å². The van der Waals surface area contributed by atoms with Crippen LogP contribution in [0.1, 0.15) is 30.7 Å². The van der Waals surface area contributed by atoms with Crippen molar-refractivity contribution in [1.82, 2.24) is 14.5 Å². The molecule has 5 heteroatoms. The molecule has 3 heterocycles. The maximum Gasteiger partial charge on any atom is 0.105 e. The molecule has 1 N–H and O–H groups in total. The molecular weight excluding hydrogens is 346 g/mol. The molecule has 1 aliphatic rings. The highest BCUT2D eigenvalue weighted by molar-refractivity contribution is 6.31. The number of aliphatic hydroxyl groups is 1. The Bertz CT molecular complexity index is 949. The van der Waals surface area contributed by atoms with Crippen molar-refractivity contribution in [1.29, 1.82) is 0 Å². The van der Waals surface area contributed by atoms with Crippen LogP contribution in [0, 0.1) is 0 Å². The predicted molar refractivity (Wildman–Crippen MR) is 105 cm³/mol. The van der Waals surface area contributed by atoms with Crippen LogP contribution in [0.15, 0.2) is 42.7 Å². The average molecular weight is 370 g/mol. The zero-order valence-corrected chi connectivity index (χ0v) is 16.2. The quantitative estimate of drug-likeness (QED) is 0.759. The van der Waals surface area contributed by atoms with Gasteiger partial charge in [-0.25, -0.2) is 0 Å². The van der Waals surface area contributed by atoms with Crippen molar-refractivity contribution < 1.29 is 5.11 Å². The average Bonchev–Trinajstić information content (AvgIpc) is 2.88. The first-order chi connectivity index (χ1) is 12.4. The zero-order chi connectivity index (χ0) is 18.5. The molecule has 2 aromatic heterocycles. The number of likely N-dealkylation sites (N-methyl/N-ethyl adjacent to an activating group) is 1. The van der Waals surface area contributed by atoms with E-state index in [1.54, 1.807) is 12.4 Å². The lowest BCUT2D eigenvalue weighted by molar-refractivity contribution is 0.0381. The number of hydrogen-bond acceptors (Lipinski definition) is 3. The number of benzene rings is 1. The number of hydrogen-bond donors (Lipinski definition) is 1. The largest absolute Gasteiger partial charge is 0.384 e. The van der Waals surface area contributed by atoms with Crippen LogP contribution in [0.3, 0.4) is 0 Å². The number of halogens is 1. The molecule has 0 aliphatic carbocycles. The number of aromatic nitrogens is 2. The lowest BCUT2D eigenvalue weighted by atomic mass is 9.96. The van der Waals surface area contributed by atoms with E-state index in [4.69, 9.17) is 11.6 Å². The standard InChI is InChI=1S/C21H24ClN3O/c1-14-10-20-18(12-24(14)3)17-11-16(22)4-5-19(17)25(20)13-21(2,26)15-6-8-23-9-7-15/h4-9,11,14,26H,10,12-13H2,1-3H3. The van der Waals surface area contributed by atoms with Gasteiger partial charge >= 0.3 is 0 Å². The van der Waals surface area contributed by atoms with Crippen molar-refractivity contribution in [2.75, 3.05) is 7.05 Å². The Morgan fingerprint density at radius 2 is 2.00 bits per heavy atom. The molecule has 4 nitrogen and oxygen atoms in total. The third-order valence-electron chi connectivity index (χ3n) is 5.67. The van der Waals surface area contributed by atoms with Gasteiger partial charge in [0, 0.05) is 53.0 Å². The van der Waals surface area contributed by atoms with E-state index in [1.165, 1.54) is 16.6 Å². The van der Waals surface area contributed by atoms with E-state index in [-0.39, 0.29) is 0 Å². The van der Waals surface area contributed by atoms with Gasteiger partial charge in [0.2, 0.25) is 0 Å². The molecule has 4 rings (SSSR count). The van der Waals surface area contributed by atoms with E-state index in [0.717, 1.165) is 29.1 Å². The van der Waals surface area contributed by atoms with Crippen molar-refractivity contribution in [2.24, 2.45) is 0 Å². The molecule has 3 aromatic rings. The Kier molecular flexibility index (Phi) is 4.30. The smallest absolute Gasteiger partial charge is 0.105 e. The minimum absolute atomic E-state index is 0.465. The number of pyridine rings is 1. The minimum atomic E-state index is -0.977. The monoisotopic (exact) mass is 369 g/mol. The summed E-state index contributed by atoms with van der Waals surface area (Å²) in [6.07, 6.45) is 4.41. The molecule has 0 bridgehead atoms. The number of nitrogens with zero attached hydrogens (tertiary/aromatic N) is 3. The topological polar surface area (TPSA) is 41.3 Å². The molecular formula is C21H24ClN3O. The maximum absolute atomic E-state index is 11.2. The molecule has 136 valence electrons. The molecule has 1 aliphatic heterocycles. The summed E-state index contributed by atoms with van der Waals surface area (Å²) in [6, 6.07) is 10.3. The van der Waals surface area contributed by atoms with Crippen LogP contribution in [0.4, 0.5) is 0 Å². The van der Waals surface area contributed by atoms with Gasteiger partial charge in [-0.2, -0.15) is 0 Å². The first-order valence-electron chi connectivity index (χ1n) is 8.99. The fraction of sp³-hybridized carbons (Fsp3) is 0.381. The first kappa shape index (κ1) is 17.5. The van der Waals surface area contributed by atoms with Crippen molar-refractivity contribution in [3.05, 3.63) is 64.6 Å². The van der Waals surface area contributed by atoms with Gasteiger partial charge in [-0.1, -0.05) is 11.6 Å². The van der Waals surface area contributed by atoms with E-state index in [1.807, 2.05) is 25.1 Å². The summed E-state index contributed by atoms with van der Waals surface area (Å²) >= 11 is 6.29. The molecule has 0 radical (unpaired) electrons. The normalized spacial score (nSPS) is 20.1. The maximum atomic E-state index is 11.2. The fourth-order valence-corrected chi connectivity index (χ4v) is 4.16. The third kappa shape index (κ3) is 2.92. The third-order valence-corrected chi connectivity index (χ3v) is 5.90. The van der Waals surface area contributed by atoms with Crippen molar-refractivity contribution in [2.45, 2.75) is 45.0 Å². The predicted octanol–water partition coefficient (Wildman–Crippen LogP) is 3.97. The Morgan fingerprint density at radius 1 is 1.27 bits per heavy atom. The van der Waals surface area contributed by atoms with Gasteiger partial charge in [-0.3, -0.25) is 9.88 Å². The summed E-state index contributed by atoms with van der Waals surface area (Å²) in [5, 5.41) is 13.1. The first-order valence-corrected chi connectivity index (χ1v) is 9.37. The van der Waals surface area contributed by atoms with Gasteiger partial charge in [-0.05, 0) is 62.4 Å². The van der Waals surface area contributed by atoms with Gasteiger partial charge in [0.1, 0.15) is 5.60 Å². The lowest BCUT2D eigenvalue weighted by Gasteiger charge is -2.32. The van der Waals surface area contributed by atoms with Crippen LogP contribution < -0.4 is 0 Å². The summed E-state index contributed by atoms with van der Waals surface area (Å²) in [4.78, 5) is 6.44. The van der Waals surface area contributed by atoms with E-state index >= 15 is 0 Å². The van der Waals surface area contributed by atoms with E-state index in [0.29, 0.717) is 12.6 Å². The summed E-state index contributed by atoms with van der Waals surface area (Å²) in [7, 11) is 2.16. The van der Waals surface area contributed by atoms with Crippen molar-refractivity contribution in [3.63, 3.8) is 0 Å². The summed E-state index contributed by atoms with van der Waals surface area (Å²) in [5.41, 5.74) is 3.67. The highest BCUT2D eigenvalue weighted by atomic mass is 35.5. The molecule has 0 saturated heterocycles. The van der Waals surface area contributed by atoms with Crippen LogP contribution in [0.2, 0.25) is 5.02 Å². The van der Waals surface area contributed by atoms with Crippen LogP contribution in [0.25, 0.3) is 10.9 Å². The molecule has 1 aromatic carbocycles. The van der Waals surface area contributed by atoms with E-state index in [9.17, 15) is 5.11 Å². The molecule has 0 amide bonds. The second-order valence-corrected chi connectivity index (χ2v) is 8.09. The highest BCUT2D eigenvalue weighted by Gasteiger charge is 2.31. The Balaban J connectivity index is 1.86. The van der Waals surface area contributed by atoms with E-state index in [2.05, 4.69) is 40.6 Å². The Morgan fingerprint density at radius 3 is 2.73 bits per heavy atom. The van der Waals surface area contributed by atoms with Gasteiger partial charge in [0.25, 0.3) is 0 Å². The lowest BCUT2D eigenvalue weighted by Crippen LogP contribution is -2.36. The summed E-state index contributed by atoms with van der Waals surface area (Å²) in [5.74, 6) is 0. The second-order valence-electron chi connectivity index (χ2n) is 7.65. The van der Waals surface area contributed by atoms with E-state index < -0.39 is 5.60 Å². The highest BCUT2D eigenvalue weighted by Crippen LogP contribution is 2.36. The minimum Gasteiger partial charge on any atom is -0.384 e. The fourth-order valence-electron chi connectivity index (χ4n) is 3.99. The second kappa shape index (κ2) is 6.38. The zero-order valence-electron chi connectivity index (χ0n) is 15.4. The molecule has 0 spiro atoms. The molecule has 0 fully saturated rings. The molecule has 0 saturated carbocycles. The summed E-state index contributed by atoms with van der Waals surface area (Å²) < 4.78 is 2.28. The molecule has 26 heavy (non-hydrogen) atoms. The van der Waals surface area contributed by atoms with Gasteiger partial charge in [-0.15, -0.1) is 0 Å². The molecule has 2 atom stereocenters. The van der Waals surface area contributed by atoms with Crippen LogP contribution in [-0.4, -0.2) is 32.6 Å². The van der Waals surface area contributed by atoms with Gasteiger partial charge < -0.3 is 9.67 Å². The molecule has 2 unspecified atom stereocenters. The Hall–Kier alpha value is -1.88. The van der Waals surface area contributed by atoms with Crippen LogP contribution >= 0.6 is 11.6 Å². The number of rotatable bonds is 3. The van der Waals surface area contributed by atoms with Gasteiger partial charge in [0.15, 0.2) is 0 Å². The summed E-state index contributed by atoms with van der Waals surface area (Å²) in [6.45, 7) is 5.52. The van der Waals surface area contributed by atoms with Gasteiger partial charge in [0.05, 0.1) is 6.54 Å². The van der Waals surface area contributed by atoms with Crippen molar-refractivity contribution in [3.8, 4) is 0 Å². The SMILES string of the molecule is CC1Cc2c(c3cc(Cl)ccc3n2CC(C)(O)c2ccncc2)CN1C. The van der Waals surface area contributed by atoms with Crippen LogP contribution in [-0.2, 0) is 25.1 Å². The van der Waals surface area contributed by atoms with Crippen LogP contribution in [0.5, 0.6) is 0 Å².